The maximum Gasteiger partial charge on any atom is 0.116 e. The van der Waals surface area contributed by atoms with Gasteiger partial charge in [0.15, 0.2) is 0 Å². The number of fused-ring (bicyclic) bond motifs is 5. The molecule has 0 saturated heterocycles. The molecule has 3 nitrogen and oxygen atoms in total. The van der Waals surface area contributed by atoms with Crippen molar-refractivity contribution in [1.29, 1.82) is 0 Å². The monoisotopic (exact) mass is 250 g/mol. The van der Waals surface area contributed by atoms with Crippen LogP contribution in [0.4, 0.5) is 0 Å². The number of benzene rings is 1. The predicted octanol–water partition coefficient (Wildman–Crippen LogP) is 3.04. The maximum atomic E-state index is 9.71. The Labute approximate surface area is 111 Å². The summed E-state index contributed by atoms with van der Waals surface area (Å²) >= 11 is 0. The van der Waals surface area contributed by atoms with Gasteiger partial charge >= 0.3 is 0 Å². The van der Waals surface area contributed by atoms with E-state index in [1.807, 2.05) is 24.4 Å². The molecule has 2 aromatic heterocycles. The highest BCUT2D eigenvalue weighted by Crippen LogP contribution is 2.39. The Kier molecular flexibility index (Phi) is 2.01. The lowest BCUT2D eigenvalue weighted by Crippen LogP contribution is -2.06. The first-order chi connectivity index (χ1) is 9.25. The van der Waals surface area contributed by atoms with Crippen molar-refractivity contribution in [3.05, 3.63) is 47.8 Å². The van der Waals surface area contributed by atoms with Gasteiger partial charge in [-0.15, -0.1) is 0 Å². The van der Waals surface area contributed by atoms with Gasteiger partial charge in [-0.3, -0.25) is 4.98 Å². The lowest BCUT2D eigenvalue weighted by molar-refractivity contribution is 0.476. The fourth-order valence-corrected chi connectivity index (χ4v) is 3.20. The zero-order valence-electron chi connectivity index (χ0n) is 10.7. The Bertz CT molecular complexity index is 802. The van der Waals surface area contributed by atoms with Gasteiger partial charge in [-0.05, 0) is 48.7 Å². The van der Waals surface area contributed by atoms with E-state index in [4.69, 9.17) is 0 Å². The number of hydrogen-bond acceptors (Lipinski definition) is 2. The van der Waals surface area contributed by atoms with Gasteiger partial charge < -0.3 is 9.67 Å². The highest BCUT2D eigenvalue weighted by atomic mass is 16.3. The predicted molar refractivity (Wildman–Crippen MR) is 75.2 cm³/mol. The Hall–Kier alpha value is -2.29. The molecular weight excluding hydrogens is 236 g/mol. The van der Waals surface area contributed by atoms with Crippen molar-refractivity contribution in [3.63, 3.8) is 0 Å². The highest BCUT2D eigenvalue weighted by molar-refractivity contribution is 5.93. The van der Waals surface area contributed by atoms with Gasteiger partial charge in [0.2, 0.25) is 0 Å². The van der Waals surface area contributed by atoms with E-state index in [1.54, 1.807) is 6.07 Å². The zero-order chi connectivity index (χ0) is 13.0. The first kappa shape index (κ1) is 10.6. The van der Waals surface area contributed by atoms with E-state index in [0.717, 1.165) is 18.2 Å². The molecule has 4 rings (SSSR count). The summed E-state index contributed by atoms with van der Waals surface area (Å²) in [7, 11) is 2.08. The minimum absolute atomic E-state index is 0.331. The molecule has 3 aromatic rings. The number of rotatable bonds is 0. The van der Waals surface area contributed by atoms with Gasteiger partial charge in [0.05, 0.1) is 5.69 Å². The Balaban J connectivity index is 2.14. The van der Waals surface area contributed by atoms with Gasteiger partial charge in [0.25, 0.3) is 0 Å². The molecule has 1 aliphatic carbocycles. The first-order valence-electron chi connectivity index (χ1n) is 6.50. The van der Waals surface area contributed by atoms with Crippen LogP contribution in [0.5, 0.6) is 5.75 Å². The molecule has 0 saturated carbocycles. The first-order valence-corrected chi connectivity index (χ1v) is 6.50. The lowest BCUT2D eigenvalue weighted by Gasteiger charge is -2.17. The molecule has 0 fully saturated rings. The molecule has 0 spiro atoms. The molecule has 3 heteroatoms. The molecule has 94 valence electrons. The summed E-state index contributed by atoms with van der Waals surface area (Å²) in [5.74, 6) is 0.331. The summed E-state index contributed by atoms with van der Waals surface area (Å²) in [6, 6.07) is 9.73. The molecule has 0 atom stereocenters. The molecule has 19 heavy (non-hydrogen) atoms. The standard InChI is InChI=1S/C16H14N2O/c1-18-15-7-4-10(19)9-13(15)11-5-6-14-12(16(11)18)3-2-8-17-14/h2-4,7-9,19H,5-6H2,1H3. The summed E-state index contributed by atoms with van der Waals surface area (Å²) in [6.07, 6.45) is 3.82. The second kappa shape index (κ2) is 3.60. The average molecular weight is 250 g/mol. The van der Waals surface area contributed by atoms with Crippen molar-refractivity contribution in [1.82, 2.24) is 9.55 Å². The highest BCUT2D eigenvalue weighted by Gasteiger charge is 2.23. The van der Waals surface area contributed by atoms with E-state index in [-0.39, 0.29) is 0 Å². The Morgan fingerprint density at radius 1 is 1.21 bits per heavy atom. The number of hydrogen-bond donors (Lipinski definition) is 1. The van der Waals surface area contributed by atoms with Crippen LogP contribution in [0.2, 0.25) is 0 Å². The smallest absolute Gasteiger partial charge is 0.116 e. The molecule has 0 amide bonds. The topological polar surface area (TPSA) is 38.0 Å². The molecule has 1 aromatic carbocycles. The van der Waals surface area contributed by atoms with E-state index in [0.29, 0.717) is 5.75 Å². The zero-order valence-corrected chi connectivity index (χ0v) is 10.7. The Morgan fingerprint density at radius 2 is 2.11 bits per heavy atom. The van der Waals surface area contributed by atoms with Crippen molar-refractivity contribution in [3.8, 4) is 17.0 Å². The molecule has 0 aliphatic heterocycles. The van der Waals surface area contributed by atoms with Gasteiger partial charge in [-0.25, -0.2) is 0 Å². The van der Waals surface area contributed by atoms with E-state index in [2.05, 4.69) is 22.7 Å². The SMILES string of the molecule is Cn1c2c(c3cc(O)ccc31)CCc1ncccc1-2. The molecule has 2 heterocycles. The third-order valence-corrected chi connectivity index (χ3v) is 4.05. The molecular formula is C16H14N2O. The van der Waals surface area contributed by atoms with Gasteiger partial charge in [-0.1, -0.05) is 0 Å². The summed E-state index contributed by atoms with van der Waals surface area (Å²) in [5, 5.41) is 10.9. The summed E-state index contributed by atoms with van der Waals surface area (Å²) in [5.41, 5.74) is 6.13. The van der Waals surface area contributed by atoms with Crippen LogP contribution < -0.4 is 0 Å². The van der Waals surface area contributed by atoms with Crippen LogP contribution >= 0.6 is 0 Å². The summed E-state index contributed by atoms with van der Waals surface area (Å²) < 4.78 is 2.21. The van der Waals surface area contributed by atoms with Crippen LogP contribution in [-0.4, -0.2) is 14.7 Å². The number of aromatic hydroxyl groups is 1. The average Bonchev–Trinajstić information content (AvgIpc) is 2.72. The third-order valence-electron chi connectivity index (χ3n) is 4.05. The quantitative estimate of drug-likeness (QED) is 0.666. The second-order valence-electron chi connectivity index (χ2n) is 5.09. The van der Waals surface area contributed by atoms with Crippen LogP contribution in [0.3, 0.4) is 0 Å². The van der Waals surface area contributed by atoms with E-state index >= 15 is 0 Å². The molecule has 1 N–H and O–H groups in total. The largest absolute Gasteiger partial charge is 0.508 e. The number of pyridine rings is 1. The molecule has 0 unspecified atom stereocenters. The minimum atomic E-state index is 0.331. The van der Waals surface area contributed by atoms with Crippen molar-refractivity contribution in [2.75, 3.05) is 0 Å². The number of aryl methyl sites for hydroxylation is 3. The fourth-order valence-electron chi connectivity index (χ4n) is 3.20. The second-order valence-corrected chi connectivity index (χ2v) is 5.09. The van der Waals surface area contributed by atoms with E-state index in [1.165, 1.54) is 28.0 Å². The van der Waals surface area contributed by atoms with Crippen LogP contribution in [0.15, 0.2) is 36.5 Å². The van der Waals surface area contributed by atoms with Crippen molar-refractivity contribution in [2.45, 2.75) is 12.8 Å². The fraction of sp³-hybridized carbons (Fsp3) is 0.188. The Morgan fingerprint density at radius 3 is 3.00 bits per heavy atom. The van der Waals surface area contributed by atoms with E-state index in [9.17, 15) is 5.11 Å². The molecule has 1 aliphatic rings. The van der Waals surface area contributed by atoms with Crippen molar-refractivity contribution >= 4 is 10.9 Å². The minimum Gasteiger partial charge on any atom is -0.508 e. The van der Waals surface area contributed by atoms with Crippen LogP contribution in [-0.2, 0) is 19.9 Å². The molecule has 0 radical (unpaired) electrons. The number of nitrogens with zero attached hydrogens (tertiary/aromatic N) is 2. The number of aromatic nitrogens is 2. The van der Waals surface area contributed by atoms with Crippen LogP contribution in [0.1, 0.15) is 11.3 Å². The van der Waals surface area contributed by atoms with Crippen LogP contribution in [0.25, 0.3) is 22.2 Å². The number of phenolic OH excluding ortho intramolecular Hbond substituents is 1. The normalized spacial score (nSPS) is 13.3. The molecule has 0 bridgehead atoms. The lowest BCUT2D eigenvalue weighted by atomic mass is 9.92. The van der Waals surface area contributed by atoms with Gasteiger partial charge in [-0.2, -0.15) is 0 Å². The number of phenols is 1. The van der Waals surface area contributed by atoms with Crippen LogP contribution in [0, 0.1) is 0 Å². The van der Waals surface area contributed by atoms with Crippen molar-refractivity contribution in [2.24, 2.45) is 7.05 Å². The summed E-state index contributed by atoms with van der Waals surface area (Å²) in [4.78, 5) is 4.48. The van der Waals surface area contributed by atoms with Gasteiger partial charge in [0.1, 0.15) is 5.75 Å². The van der Waals surface area contributed by atoms with Gasteiger partial charge in [0, 0.05) is 35.4 Å². The summed E-state index contributed by atoms with van der Waals surface area (Å²) in [6.45, 7) is 0. The maximum absolute atomic E-state index is 9.71. The van der Waals surface area contributed by atoms with E-state index < -0.39 is 0 Å². The van der Waals surface area contributed by atoms with Crippen molar-refractivity contribution < 1.29 is 5.11 Å². The third kappa shape index (κ3) is 1.35.